The lowest BCUT2D eigenvalue weighted by molar-refractivity contribution is -0.130. The van der Waals surface area contributed by atoms with Crippen molar-refractivity contribution in [2.75, 3.05) is 7.05 Å². The van der Waals surface area contributed by atoms with Crippen molar-refractivity contribution in [2.45, 2.75) is 19.9 Å². The Morgan fingerprint density at radius 1 is 1.36 bits per heavy atom. The van der Waals surface area contributed by atoms with Crippen molar-refractivity contribution >= 4 is 5.91 Å². The Balaban J connectivity index is 2.60. The van der Waals surface area contributed by atoms with E-state index >= 15 is 0 Å². The molecule has 1 aromatic rings. The minimum Gasteiger partial charge on any atom is -0.341 e. The maximum atomic E-state index is 12.6. The highest BCUT2D eigenvalue weighted by Gasteiger charge is 2.05. The number of carbonyl (C=O) groups excluding carboxylic acids is 1. The number of nitrogens with zero attached hydrogens (tertiary/aromatic N) is 1. The molecule has 0 spiro atoms. The third kappa shape index (κ3) is 2.83. The van der Waals surface area contributed by atoms with Crippen LogP contribution in [0.3, 0.4) is 0 Å². The fourth-order valence-corrected chi connectivity index (χ4v) is 1.22. The molecule has 0 aliphatic carbocycles. The van der Waals surface area contributed by atoms with E-state index in [0.717, 1.165) is 5.56 Å². The van der Waals surface area contributed by atoms with E-state index in [1.807, 2.05) is 6.92 Å². The van der Waals surface area contributed by atoms with Gasteiger partial charge in [0.25, 0.3) is 0 Å². The molecule has 1 amide bonds. The standard InChI is InChI=1S/C11H14FNO/c1-3-11(14)13(2)8-9-4-6-10(12)7-5-9/h4-7H,3,8H2,1-2H3. The SMILES string of the molecule is CCC(=O)N(C)Cc1ccc(F)cc1. The van der Waals surface area contributed by atoms with Crippen LogP contribution in [0, 0.1) is 5.82 Å². The molecular formula is C11H14FNO. The summed E-state index contributed by atoms with van der Waals surface area (Å²) in [6.07, 6.45) is 0.498. The second kappa shape index (κ2) is 4.74. The molecule has 0 aliphatic heterocycles. The molecule has 0 heterocycles. The van der Waals surface area contributed by atoms with Gasteiger partial charge in [0.2, 0.25) is 5.91 Å². The van der Waals surface area contributed by atoms with Crippen LogP contribution in [0.5, 0.6) is 0 Å². The Hall–Kier alpha value is -1.38. The van der Waals surface area contributed by atoms with Gasteiger partial charge in [0, 0.05) is 20.0 Å². The summed E-state index contributed by atoms with van der Waals surface area (Å²) in [5.74, 6) is -0.160. The molecule has 1 rings (SSSR count). The zero-order valence-electron chi connectivity index (χ0n) is 8.46. The van der Waals surface area contributed by atoms with Crippen molar-refractivity contribution in [3.05, 3.63) is 35.6 Å². The molecule has 1 aromatic carbocycles. The topological polar surface area (TPSA) is 20.3 Å². The van der Waals surface area contributed by atoms with E-state index in [2.05, 4.69) is 0 Å². The predicted molar refractivity (Wildman–Crippen MR) is 53.2 cm³/mol. The zero-order chi connectivity index (χ0) is 10.6. The molecule has 76 valence electrons. The third-order valence-electron chi connectivity index (χ3n) is 2.06. The number of benzene rings is 1. The first-order chi connectivity index (χ1) is 6.63. The summed E-state index contributed by atoms with van der Waals surface area (Å²) in [4.78, 5) is 12.9. The van der Waals surface area contributed by atoms with E-state index in [9.17, 15) is 9.18 Å². The lowest BCUT2D eigenvalue weighted by Crippen LogP contribution is -2.25. The molecule has 2 nitrogen and oxygen atoms in total. The molecule has 0 bridgehead atoms. The lowest BCUT2D eigenvalue weighted by atomic mass is 10.2. The largest absolute Gasteiger partial charge is 0.341 e. The molecule has 0 aromatic heterocycles. The normalized spacial score (nSPS) is 9.93. The molecule has 3 heteroatoms. The van der Waals surface area contributed by atoms with Crippen LogP contribution in [0.4, 0.5) is 4.39 Å². The van der Waals surface area contributed by atoms with Gasteiger partial charge in [-0.05, 0) is 17.7 Å². The maximum Gasteiger partial charge on any atom is 0.222 e. The fourth-order valence-electron chi connectivity index (χ4n) is 1.22. The third-order valence-corrected chi connectivity index (χ3v) is 2.06. The van der Waals surface area contributed by atoms with Gasteiger partial charge in [-0.1, -0.05) is 19.1 Å². The second-order valence-electron chi connectivity index (χ2n) is 3.23. The Morgan fingerprint density at radius 3 is 2.43 bits per heavy atom. The van der Waals surface area contributed by atoms with Gasteiger partial charge >= 0.3 is 0 Å². The minimum absolute atomic E-state index is 0.0920. The Bertz CT molecular complexity index is 308. The van der Waals surface area contributed by atoms with Gasteiger partial charge in [-0.3, -0.25) is 4.79 Å². The maximum absolute atomic E-state index is 12.6. The van der Waals surface area contributed by atoms with Crippen LogP contribution in [-0.2, 0) is 11.3 Å². The molecule has 0 fully saturated rings. The fraction of sp³-hybridized carbons (Fsp3) is 0.364. The van der Waals surface area contributed by atoms with Crippen LogP contribution in [0.2, 0.25) is 0 Å². The second-order valence-corrected chi connectivity index (χ2v) is 3.23. The van der Waals surface area contributed by atoms with Gasteiger partial charge in [0.15, 0.2) is 0 Å². The highest BCUT2D eigenvalue weighted by Crippen LogP contribution is 2.06. The summed E-state index contributed by atoms with van der Waals surface area (Å²) >= 11 is 0. The van der Waals surface area contributed by atoms with Gasteiger partial charge < -0.3 is 4.90 Å². The summed E-state index contributed by atoms with van der Waals surface area (Å²) < 4.78 is 12.6. The van der Waals surface area contributed by atoms with E-state index in [4.69, 9.17) is 0 Å². The molecule has 14 heavy (non-hydrogen) atoms. The molecule has 0 N–H and O–H groups in total. The number of hydrogen-bond acceptors (Lipinski definition) is 1. The summed E-state index contributed by atoms with van der Waals surface area (Å²) in [5, 5.41) is 0. The highest BCUT2D eigenvalue weighted by atomic mass is 19.1. The Morgan fingerprint density at radius 2 is 1.93 bits per heavy atom. The molecule has 0 aliphatic rings. The molecule has 0 atom stereocenters. The Kier molecular flexibility index (Phi) is 3.63. The molecule has 0 saturated heterocycles. The van der Waals surface area contributed by atoms with Crippen LogP contribution in [0.25, 0.3) is 0 Å². The predicted octanol–water partition coefficient (Wildman–Crippen LogP) is 2.19. The monoisotopic (exact) mass is 195 g/mol. The van der Waals surface area contributed by atoms with Crippen LogP contribution in [-0.4, -0.2) is 17.9 Å². The van der Waals surface area contributed by atoms with Gasteiger partial charge in [0.1, 0.15) is 5.82 Å². The summed E-state index contributed by atoms with van der Waals surface area (Å²) in [6.45, 7) is 2.36. The van der Waals surface area contributed by atoms with Crippen LogP contribution >= 0.6 is 0 Å². The van der Waals surface area contributed by atoms with Crippen molar-refractivity contribution < 1.29 is 9.18 Å². The van der Waals surface area contributed by atoms with Crippen molar-refractivity contribution in [3.63, 3.8) is 0 Å². The van der Waals surface area contributed by atoms with Crippen LogP contribution in [0.15, 0.2) is 24.3 Å². The minimum atomic E-state index is -0.252. The molecule has 0 saturated carbocycles. The summed E-state index contributed by atoms with van der Waals surface area (Å²) in [6, 6.07) is 6.18. The van der Waals surface area contributed by atoms with E-state index < -0.39 is 0 Å². The van der Waals surface area contributed by atoms with Gasteiger partial charge in [-0.2, -0.15) is 0 Å². The quantitative estimate of drug-likeness (QED) is 0.724. The Labute approximate surface area is 83.3 Å². The number of carbonyl (C=O) groups is 1. The van der Waals surface area contributed by atoms with E-state index in [-0.39, 0.29) is 11.7 Å². The average Bonchev–Trinajstić information content (AvgIpc) is 2.20. The summed E-state index contributed by atoms with van der Waals surface area (Å²) in [7, 11) is 1.75. The van der Waals surface area contributed by atoms with Crippen molar-refractivity contribution in [3.8, 4) is 0 Å². The van der Waals surface area contributed by atoms with Crippen LogP contribution < -0.4 is 0 Å². The first-order valence-corrected chi connectivity index (χ1v) is 4.62. The first-order valence-electron chi connectivity index (χ1n) is 4.62. The lowest BCUT2D eigenvalue weighted by Gasteiger charge is -2.15. The highest BCUT2D eigenvalue weighted by molar-refractivity contribution is 5.75. The van der Waals surface area contributed by atoms with E-state index in [1.165, 1.54) is 12.1 Å². The number of amides is 1. The number of rotatable bonds is 3. The average molecular weight is 195 g/mol. The van der Waals surface area contributed by atoms with Crippen molar-refractivity contribution in [2.24, 2.45) is 0 Å². The van der Waals surface area contributed by atoms with Crippen molar-refractivity contribution in [1.82, 2.24) is 4.90 Å². The van der Waals surface area contributed by atoms with E-state index in [0.29, 0.717) is 13.0 Å². The van der Waals surface area contributed by atoms with Crippen molar-refractivity contribution in [1.29, 1.82) is 0 Å². The van der Waals surface area contributed by atoms with Crippen LogP contribution in [0.1, 0.15) is 18.9 Å². The molecule has 0 radical (unpaired) electrons. The first kappa shape index (κ1) is 10.7. The van der Waals surface area contributed by atoms with Gasteiger partial charge in [-0.15, -0.1) is 0 Å². The summed E-state index contributed by atoms with van der Waals surface area (Å²) in [5.41, 5.74) is 0.940. The number of halogens is 1. The molecular weight excluding hydrogens is 181 g/mol. The van der Waals surface area contributed by atoms with Gasteiger partial charge in [0.05, 0.1) is 0 Å². The van der Waals surface area contributed by atoms with Gasteiger partial charge in [-0.25, -0.2) is 4.39 Å². The zero-order valence-corrected chi connectivity index (χ0v) is 8.46. The van der Waals surface area contributed by atoms with E-state index in [1.54, 1.807) is 24.1 Å². The molecule has 0 unspecified atom stereocenters. The smallest absolute Gasteiger partial charge is 0.222 e. The number of hydrogen-bond donors (Lipinski definition) is 0.